The zero-order chi connectivity index (χ0) is 15.6. The van der Waals surface area contributed by atoms with Crippen LogP contribution in [0.1, 0.15) is 26.3 Å². The quantitative estimate of drug-likeness (QED) is 0.882. The predicted octanol–water partition coefficient (Wildman–Crippen LogP) is 3.85. The van der Waals surface area contributed by atoms with Crippen molar-refractivity contribution in [3.05, 3.63) is 63.4 Å². The van der Waals surface area contributed by atoms with E-state index < -0.39 is 17.7 Å². The fourth-order valence-electron chi connectivity index (χ4n) is 1.77. The molecule has 0 saturated carbocycles. The highest BCUT2D eigenvalue weighted by molar-refractivity contribution is 9.10. The van der Waals surface area contributed by atoms with Crippen LogP contribution in [0.25, 0.3) is 0 Å². The van der Waals surface area contributed by atoms with Crippen molar-refractivity contribution in [2.45, 2.75) is 6.92 Å². The number of anilines is 1. The summed E-state index contributed by atoms with van der Waals surface area (Å²) in [6, 6.07) is 8.24. The summed E-state index contributed by atoms with van der Waals surface area (Å²) in [6.07, 6.45) is 0. The van der Waals surface area contributed by atoms with E-state index in [-0.39, 0.29) is 11.1 Å². The Morgan fingerprint density at radius 1 is 1.14 bits per heavy atom. The molecule has 0 aromatic heterocycles. The van der Waals surface area contributed by atoms with Crippen molar-refractivity contribution >= 4 is 33.5 Å². The van der Waals surface area contributed by atoms with Crippen LogP contribution >= 0.6 is 15.9 Å². The van der Waals surface area contributed by atoms with Crippen LogP contribution < -0.4 is 5.32 Å². The highest BCUT2D eigenvalue weighted by Gasteiger charge is 2.12. The molecule has 0 unspecified atom stereocenters. The summed E-state index contributed by atoms with van der Waals surface area (Å²) in [5, 5.41) is 11.5. The highest BCUT2D eigenvalue weighted by atomic mass is 79.9. The van der Waals surface area contributed by atoms with Gasteiger partial charge in [0, 0.05) is 15.7 Å². The third-order valence-electron chi connectivity index (χ3n) is 2.86. The van der Waals surface area contributed by atoms with Crippen molar-refractivity contribution in [3.8, 4) is 0 Å². The summed E-state index contributed by atoms with van der Waals surface area (Å²) in [7, 11) is 0. The SMILES string of the molecule is Cc1ccc(C(=O)O)cc1NC(=O)c1cc(F)cc(Br)c1. The first-order chi connectivity index (χ1) is 9.86. The Bertz CT molecular complexity index is 711. The zero-order valence-corrected chi connectivity index (χ0v) is 12.6. The number of hydrogen-bond acceptors (Lipinski definition) is 2. The molecule has 0 fully saturated rings. The molecule has 2 rings (SSSR count). The standard InChI is InChI=1S/C15H11BrFNO3/c1-8-2-3-9(15(20)21)6-13(8)18-14(19)10-4-11(16)7-12(17)5-10/h2-7H,1H3,(H,18,19)(H,20,21). The molecule has 4 nitrogen and oxygen atoms in total. The van der Waals surface area contributed by atoms with Crippen LogP contribution in [0.15, 0.2) is 40.9 Å². The molecule has 2 aromatic rings. The van der Waals surface area contributed by atoms with Gasteiger partial charge in [0.05, 0.1) is 5.56 Å². The molecule has 2 aromatic carbocycles. The van der Waals surface area contributed by atoms with Crippen molar-refractivity contribution < 1.29 is 19.1 Å². The Morgan fingerprint density at radius 2 is 1.86 bits per heavy atom. The maximum atomic E-state index is 13.3. The van der Waals surface area contributed by atoms with Gasteiger partial charge in [-0.2, -0.15) is 0 Å². The molecule has 0 aliphatic carbocycles. The number of hydrogen-bond donors (Lipinski definition) is 2. The summed E-state index contributed by atoms with van der Waals surface area (Å²) < 4.78 is 13.7. The van der Waals surface area contributed by atoms with Gasteiger partial charge in [-0.1, -0.05) is 22.0 Å². The van der Waals surface area contributed by atoms with Crippen LogP contribution in [0.4, 0.5) is 10.1 Å². The lowest BCUT2D eigenvalue weighted by molar-refractivity contribution is 0.0696. The molecule has 108 valence electrons. The smallest absolute Gasteiger partial charge is 0.335 e. The van der Waals surface area contributed by atoms with Crippen molar-refractivity contribution in [2.75, 3.05) is 5.32 Å². The Hall–Kier alpha value is -2.21. The average molecular weight is 352 g/mol. The molecule has 0 aliphatic heterocycles. The Balaban J connectivity index is 2.31. The minimum atomic E-state index is -1.08. The predicted molar refractivity (Wildman–Crippen MR) is 80.2 cm³/mol. The first kappa shape index (κ1) is 15.2. The van der Waals surface area contributed by atoms with Crippen LogP contribution in [0, 0.1) is 12.7 Å². The van der Waals surface area contributed by atoms with E-state index in [1.54, 1.807) is 13.0 Å². The van der Waals surface area contributed by atoms with Gasteiger partial charge in [-0.25, -0.2) is 9.18 Å². The fourth-order valence-corrected chi connectivity index (χ4v) is 2.23. The molecular formula is C15H11BrFNO3. The molecule has 0 heterocycles. The fraction of sp³-hybridized carbons (Fsp3) is 0.0667. The number of carbonyl (C=O) groups is 2. The molecule has 0 atom stereocenters. The first-order valence-corrected chi connectivity index (χ1v) is 6.77. The number of rotatable bonds is 3. The summed E-state index contributed by atoms with van der Waals surface area (Å²) in [4.78, 5) is 23.0. The highest BCUT2D eigenvalue weighted by Crippen LogP contribution is 2.20. The van der Waals surface area contributed by atoms with Crippen LogP contribution in [-0.4, -0.2) is 17.0 Å². The van der Waals surface area contributed by atoms with Gasteiger partial charge in [-0.15, -0.1) is 0 Å². The second-order valence-electron chi connectivity index (χ2n) is 4.45. The van der Waals surface area contributed by atoms with Crippen LogP contribution in [0.5, 0.6) is 0 Å². The van der Waals surface area contributed by atoms with Crippen LogP contribution in [0.3, 0.4) is 0 Å². The number of carboxylic acid groups (broad SMARTS) is 1. The average Bonchev–Trinajstić information content (AvgIpc) is 2.39. The second-order valence-corrected chi connectivity index (χ2v) is 5.36. The molecule has 0 radical (unpaired) electrons. The number of carbonyl (C=O) groups excluding carboxylic acids is 1. The van der Waals surface area contributed by atoms with Crippen LogP contribution in [0.2, 0.25) is 0 Å². The minimum Gasteiger partial charge on any atom is -0.478 e. The number of halogens is 2. The molecular weight excluding hydrogens is 341 g/mol. The van der Waals surface area contributed by atoms with Crippen LogP contribution in [-0.2, 0) is 0 Å². The number of aromatic carboxylic acids is 1. The van der Waals surface area contributed by atoms with Crippen molar-refractivity contribution in [2.24, 2.45) is 0 Å². The molecule has 0 aliphatic rings. The molecule has 0 spiro atoms. The van der Waals surface area contributed by atoms with E-state index in [1.807, 2.05) is 0 Å². The maximum absolute atomic E-state index is 13.3. The Kier molecular flexibility index (Phi) is 4.37. The number of amides is 1. The van der Waals surface area contributed by atoms with Gasteiger partial charge >= 0.3 is 5.97 Å². The number of aryl methyl sites for hydroxylation is 1. The number of carboxylic acids is 1. The molecule has 21 heavy (non-hydrogen) atoms. The van der Waals surface area contributed by atoms with Gasteiger partial charge < -0.3 is 10.4 Å². The molecule has 2 N–H and O–H groups in total. The molecule has 0 saturated heterocycles. The van der Waals surface area contributed by atoms with E-state index in [9.17, 15) is 14.0 Å². The third-order valence-corrected chi connectivity index (χ3v) is 3.32. The van der Waals surface area contributed by atoms with E-state index in [0.29, 0.717) is 15.7 Å². The summed E-state index contributed by atoms with van der Waals surface area (Å²) in [6.45, 7) is 1.74. The topological polar surface area (TPSA) is 66.4 Å². The zero-order valence-electron chi connectivity index (χ0n) is 11.0. The molecule has 1 amide bonds. The lowest BCUT2D eigenvalue weighted by atomic mass is 10.1. The van der Waals surface area contributed by atoms with E-state index in [0.717, 1.165) is 6.07 Å². The van der Waals surface area contributed by atoms with E-state index >= 15 is 0 Å². The van der Waals surface area contributed by atoms with Crippen molar-refractivity contribution in [1.82, 2.24) is 0 Å². The van der Waals surface area contributed by atoms with Gasteiger partial charge in [0.25, 0.3) is 5.91 Å². The lowest BCUT2D eigenvalue weighted by Gasteiger charge is -2.10. The Labute approximate surface area is 128 Å². The van der Waals surface area contributed by atoms with Crippen molar-refractivity contribution in [3.63, 3.8) is 0 Å². The summed E-state index contributed by atoms with van der Waals surface area (Å²) in [5.74, 6) is -2.13. The summed E-state index contributed by atoms with van der Waals surface area (Å²) in [5.41, 5.74) is 1.29. The monoisotopic (exact) mass is 351 g/mol. The Morgan fingerprint density at radius 3 is 2.48 bits per heavy atom. The van der Waals surface area contributed by atoms with Gasteiger partial charge in [0.15, 0.2) is 0 Å². The molecule has 6 heteroatoms. The van der Waals surface area contributed by atoms with E-state index in [1.165, 1.54) is 24.3 Å². The van der Waals surface area contributed by atoms with E-state index in [4.69, 9.17) is 5.11 Å². The molecule has 0 bridgehead atoms. The van der Waals surface area contributed by atoms with Gasteiger partial charge in [0.2, 0.25) is 0 Å². The third kappa shape index (κ3) is 3.66. The summed E-state index contributed by atoms with van der Waals surface area (Å²) >= 11 is 3.11. The largest absolute Gasteiger partial charge is 0.478 e. The number of benzene rings is 2. The van der Waals surface area contributed by atoms with Crippen molar-refractivity contribution in [1.29, 1.82) is 0 Å². The lowest BCUT2D eigenvalue weighted by Crippen LogP contribution is -2.13. The number of nitrogens with one attached hydrogen (secondary N) is 1. The maximum Gasteiger partial charge on any atom is 0.335 e. The minimum absolute atomic E-state index is 0.0660. The van der Waals surface area contributed by atoms with Gasteiger partial charge in [-0.05, 0) is 42.8 Å². The normalized spacial score (nSPS) is 10.2. The van der Waals surface area contributed by atoms with Gasteiger partial charge in [0.1, 0.15) is 5.82 Å². The first-order valence-electron chi connectivity index (χ1n) is 5.98. The van der Waals surface area contributed by atoms with Gasteiger partial charge in [-0.3, -0.25) is 4.79 Å². The van der Waals surface area contributed by atoms with E-state index in [2.05, 4.69) is 21.2 Å². The second kappa shape index (κ2) is 6.05.